The van der Waals surface area contributed by atoms with Crippen molar-refractivity contribution >= 4 is 0 Å². The number of aryl methyl sites for hydroxylation is 2. The molecule has 2 radical (unpaired) electrons. The zero-order chi connectivity index (χ0) is 25.8. The normalized spacial score (nSPS) is 14.9. The van der Waals surface area contributed by atoms with E-state index in [1.807, 2.05) is 0 Å². The van der Waals surface area contributed by atoms with Crippen LogP contribution in [-0.2, 0) is 58.9 Å². The van der Waals surface area contributed by atoms with E-state index < -0.39 is 12.2 Å². The van der Waals surface area contributed by atoms with Crippen molar-refractivity contribution in [3.63, 3.8) is 0 Å². The van der Waals surface area contributed by atoms with Crippen LogP contribution in [0.1, 0.15) is 52.9 Å². The summed E-state index contributed by atoms with van der Waals surface area (Å²) >= 11 is 0. The van der Waals surface area contributed by atoms with Gasteiger partial charge < -0.3 is 30.2 Å². The maximum absolute atomic E-state index is 8.49. The van der Waals surface area contributed by atoms with Crippen molar-refractivity contribution in [2.45, 2.75) is 67.6 Å². The van der Waals surface area contributed by atoms with Gasteiger partial charge in [-0.15, -0.1) is 0 Å². The summed E-state index contributed by atoms with van der Waals surface area (Å²) in [6, 6.07) is 0. The first kappa shape index (κ1) is 40.2. The summed E-state index contributed by atoms with van der Waals surface area (Å²) in [6.45, 7) is 15.8. The van der Waals surface area contributed by atoms with Crippen molar-refractivity contribution in [3.8, 4) is 0 Å². The Bertz CT molecular complexity index is 720. The third kappa shape index (κ3) is 18.4. The smallest absolute Gasteiger partial charge is 0.177 e. The summed E-state index contributed by atoms with van der Waals surface area (Å²) in [6.07, 6.45) is 3.72. The van der Waals surface area contributed by atoms with Crippen LogP contribution in [0.5, 0.6) is 0 Å². The third-order valence-corrected chi connectivity index (χ3v) is 4.99. The molecule has 0 saturated heterocycles. The summed E-state index contributed by atoms with van der Waals surface area (Å²) in [7, 11) is 8.34. The molecule has 8 nitrogen and oxygen atoms in total. The van der Waals surface area contributed by atoms with Crippen LogP contribution in [0.2, 0.25) is 0 Å². The molecule has 1 aromatic rings. The van der Waals surface area contributed by atoms with Crippen LogP contribution in [0.4, 0.5) is 0 Å². The maximum atomic E-state index is 8.49. The molecule has 0 amide bonds. The minimum Gasteiger partial charge on any atom is -0.513 e. The van der Waals surface area contributed by atoms with Gasteiger partial charge in [0.15, 0.2) is 17.7 Å². The Hall–Kier alpha value is -0.969. The Morgan fingerprint density at radius 2 is 1.00 bits per heavy atom. The van der Waals surface area contributed by atoms with Crippen molar-refractivity contribution in [2.75, 3.05) is 20.8 Å². The predicted molar refractivity (Wildman–Crippen MR) is 133 cm³/mol. The molecule has 0 bridgehead atoms. The molecule has 208 valence electrons. The van der Waals surface area contributed by atoms with E-state index in [0.29, 0.717) is 0 Å². The topological polar surface area (TPSA) is 97.3 Å². The monoisotopic (exact) mass is 669 g/mol. The SMILES string of the molecule is CC(O)=CC(C)O.CC(O)=CC(C)O.CC1=C(C)N(C)CN1C.Cc1c(C)n(C)[cH+]n1C.[Ag].[Ag]. The average molecular weight is 671 g/mol. The average Bonchev–Trinajstić information content (AvgIpc) is 2.97. The van der Waals surface area contributed by atoms with Crippen LogP contribution < -0.4 is 0 Å². The first-order chi connectivity index (χ1) is 14.5. The first-order valence-corrected chi connectivity index (χ1v) is 10.7. The summed E-state index contributed by atoms with van der Waals surface area (Å²) in [4.78, 5) is 4.49. The van der Waals surface area contributed by atoms with Crippen LogP contribution in [0.15, 0.2) is 41.4 Å². The molecule has 1 aliphatic heterocycles. The van der Waals surface area contributed by atoms with Crippen molar-refractivity contribution in [3.05, 3.63) is 52.8 Å². The molecule has 1 aliphatic rings. The van der Waals surface area contributed by atoms with Gasteiger partial charge in [0.05, 0.1) is 30.4 Å². The zero-order valence-corrected chi connectivity index (χ0v) is 25.7. The second kappa shape index (κ2) is 20.2. The standard InChI is InChI=1S/C7H14N2.C7H13N2.2C5H10O2.2Ag/c2*1-6-7(2)9(4)5-8(6)3;2*1-4(6)3-5(2)7;;/h5H2,1-4H3;5H,1-4H3;2*3-4,6-7H,1-2H3;;/q;+1;;;;. The summed E-state index contributed by atoms with van der Waals surface area (Å²) in [5, 5.41) is 33.8. The molecule has 10 heteroatoms. The van der Waals surface area contributed by atoms with E-state index in [2.05, 4.69) is 81.1 Å². The van der Waals surface area contributed by atoms with Crippen molar-refractivity contribution in [1.29, 1.82) is 0 Å². The largest absolute Gasteiger partial charge is 0.513 e. The fraction of sp³-hybridized carbons (Fsp3) is 0.625. The van der Waals surface area contributed by atoms with Crippen LogP contribution in [0.25, 0.3) is 0 Å². The Labute approximate surface area is 238 Å². The second-order valence-corrected chi connectivity index (χ2v) is 8.31. The van der Waals surface area contributed by atoms with E-state index in [1.165, 1.54) is 48.8 Å². The Kier molecular flexibility index (Phi) is 23.9. The van der Waals surface area contributed by atoms with Crippen LogP contribution >= 0.6 is 0 Å². The number of aliphatic hydroxyl groups is 4. The molecule has 0 aromatic carbocycles. The molecule has 1 aromatic heterocycles. The molecule has 4 N–H and O–H groups in total. The van der Waals surface area contributed by atoms with Gasteiger partial charge in [-0.3, -0.25) is 0 Å². The number of aliphatic hydroxyl groups excluding tert-OH is 4. The number of rotatable bonds is 2. The number of hydrogen-bond donors (Lipinski definition) is 4. The molecular weight excluding hydrogens is 624 g/mol. The molecule has 0 saturated carbocycles. The van der Waals surface area contributed by atoms with Crippen molar-refractivity contribution in [1.82, 2.24) is 18.9 Å². The maximum Gasteiger partial charge on any atom is 0.177 e. The Balaban J connectivity index is -0.000000175. The number of aromatic nitrogens is 2. The molecule has 0 fully saturated rings. The van der Waals surface area contributed by atoms with Crippen LogP contribution in [0.3, 0.4) is 0 Å². The van der Waals surface area contributed by atoms with Gasteiger partial charge in [0.25, 0.3) is 0 Å². The van der Waals surface area contributed by atoms with E-state index in [0.717, 1.165) is 6.67 Å². The number of nitrogens with zero attached hydrogens (tertiary/aromatic N) is 4. The molecule has 2 heterocycles. The molecule has 0 aliphatic carbocycles. The second-order valence-electron chi connectivity index (χ2n) is 8.31. The molecule has 2 atom stereocenters. The predicted octanol–water partition coefficient (Wildman–Crippen LogP) is 3.99. The van der Waals surface area contributed by atoms with Gasteiger partial charge in [-0.2, -0.15) is 0 Å². The zero-order valence-electron chi connectivity index (χ0n) is 22.8. The third-order valence-electron chi connectivity index (χ3n) is 4.99. The van der Waals surface area contributed by atoms with Crippen LogP contribution in [0, 0.1) is 13.8 Å². The van der Waals surface area contributed by atoms with Gasteiger partial charge >= 0.3 is 0 Å². The van der Waals surface area contributed by atoms with E-state index in [1.54, 1.807) is 13.8 Å². The van der Waals surface area contributed by atoms with Gasteiger partial charge in [0.1, 0.15) is 0 Å². The van der Waals surface area contributed by atoms with E-state index in [-0.39, 0.29) is 56.3 Å². The van der Waals surface area contributed by atoms with E-state index >= 15 is 0 Å². The molecule has 34 heavy (non-hydrogen) atoms. The number of imidazole rings is 1. The Morgan fingerprint density at radius 1 is 0.735 bits per heavy atom. The van der Waals surface area contributed by atoms with Gasteiger partial charge in [-0.25, -0.2) is 9.13 Å². The fourth-order valence-electron chi connectivity index (χ4n) is 2.72. The summed E-state index contributed by atoms with van der Waals surface area (Å²) < 4.78 is 4.24. The quantitative estimate of drug-likeness (QED) is 0.216. The minimum absolute atomic E-state index is 0. The Morgan fingerprint density at radius 3 is 1.06 bits per heavy atom. The van der Waals surface area contributed by atoms with E-state index in [9.17, 15) is 0 Å². The van der Waals surface area contributed by atoms with Gasteiger partial charge in [-0.1, -0.05) is 0 Å². The summed E-state index contributed by atoms with van der Waals surface area (Å²) in [5.41, 5.74) is 5.44. The fourth-order valence-corrected chi connectivity index (χ4v) is 2.72. The van der Waals surface area contributed by atoms with Crippen molar-refractivity contribution in [2.24, 2.45) is 14.1 Å². The van der Waals surface area contributed by atoms with Gasteiger partial charge in [-0.05, 0) is 53.7 Å². The number of hydrogen-bond acceptors (Lipinski definition) is 6. The van der Waals surface area contributed by atoms with Crippen molar-refractivity contribution < 1.29 is 65.2 Å². The first-order valence-electron chi connectivity index (χ1n) is 10.7. The van der Waals surface area contributed by atoms with Gasteiger partial charge in [0, 0.05) is 98.2 Å². The molecular formula is C24H47Ag2N4O4+. The van der Waals surface area contributed by atoms with Gasteiger partial charge in [0.2, 0.25) is 0 Å². The summed E-state index contributed by atoms with van der Waals surface area (Å²) in [5.74, 6) is 0.324. The number of allylic oxidation sites excluding steroid dienone is 4. The molecule has 2 unspecified atom stereocenters. The molecule has 0 spiro atoms. The van der Waals surface area contributed by atoms with Crippen LogP contribution in [-0.4, -0.2) is 72.3 Å². The molecule has 2 rings (SSSR count). The van der Waals surface area contributed by atoms with E-state index in [4.69, 9.17) is 20.4 Å². The minimum atomic E-state index is -0.537.